The molecule has 1 unspecified atom stereocenters. The van der Waals surface area contributed by atoms with E-state index < -0.39 is 0 Å². The van der Waals surface area contributed by atoms with Crippen LogP contribution >= 0.6 is 0 Å². The van der Waals surface area contributed by atoms with Crippen LogP contribution in [0.15, 0.2) is 48.5 Å². The van der Waals surface area contributed by atoms with Crippen LogP contribution in [0.5, 0.6) is 0 Å². The van der Waals surface area contributed by atoms with Crippen LogP contribution in [-0.4, -0.2) is 7.11 Å². The maximum atomic E-state index is 6.01. The molecule has 2 aliphatic rings. The van der Waals surface area contributed by atoms with E-state index in [4.69, 9.17) is 4.74 Å². The number of methoxy groups -OCH3 is 1. The van der Waals surface area contributed by atoms with Crippen molar-refractivity contribution in [3.63, 3.8) is 0 Å². The van der Waals surface area contributed by atoms with Crippen molar-refractivity contribution in [2.24, 2.45) is 0 Å². The Labute approximate surface area is 164 Å². The first-order valence-corrected chi connectivity index (χ1v) is 9.99. The lowest BCUT2D eigenvalue weighted by Crippen LogP contribution is -2.04. The van der Waals surface area contributed by atoms with Crippen LogP contribution in [0.2, 0.25) is 0 Å². The Hall–Kier alpha value is -2.12. The molecule has 0 spiro atoms. The summed E-state index contributed by atoms with van der Waals surface area (Å²) in [6.45, 7) is 13.4. The summed E-state index contributed by atoms with van der Waals surface area (Å²) in [7, 11) is 1.81. The molecule has 0 aromatic heterocycles. The second-order valence-corrected chi connectivity index (χ2v) is 8.32. The molecule has 27 heavy (non-hydrogen) atoms. The van der Waals surface area contributed by atoms with Gasteiger partial charge in [-0.1, -0.05) is 76.2 Å². The summed E-state index contributed by atoms with van der Waals surface area (Å²) in [5, 5.41) is 0. The summed E-state index contributed by atoms with van der Waals surface area (Å²) in [5.74, 6) is 1.05. The Morgan fingerprint density at radius 1 is 0.667 bits per heavy atom. The van der Waals surface area contributed by atoms with Gasteiger partial charge < -0.3 is 4.74 Å². The van der Waals surface area contributed by atoms with E-state index in [-0.39, 0.29) is 6.10 Å². The SMILES string of the molecule is COC(c1ccc(C(C)C)cc1)c1cc(C)c2cc(C(C)C)ccc(C)c1-2. The van der Waals surface area contributed by atoms with Crippen LogP contribution in [0, 0.1) is 13.8 Å². The highest BCUT2D eigenvalue weighted by atomic mass is 16.5. The maximum Gasteiger partial charge on any atom is 0.108 e. The predicted octanol–water partition coefficient (Wildman–Crippen LogP) is 7.39. The molecule has 0 saturated heterocycles. The number of fused-ring (bicyclic) bond motifs is 1. The maximum absolute atomic E-state index is 6.01. The van der Waals surface area contributed by atoms with E-state index in [1.165, 1.54) is 44.5 Å². The number of benzene rings is 1. The van der Waals surface area contributed by atoms with Crippen LogP contribution in [0.4, 0.5) is 0 Å². The van der Waals surface area contributed by atoms with Gasteiger partial charge in [-0.05, 0) is 70.2 Å². The third-order valence-electron chi connectivity index (χ3n) is 5.68. The van der Waals surface area contributed by atoms with Crippen molar-refractivity contribution in [2.75, 3.05) is 7.11 Å². The van der Waals surface area contributed by atoms with E-state index in [1.807, 2.05) is 7.11 Å². The fourth-order valence-electron chi connectivity index (χ4n) is 3.95. The summed E-state index contributed by atoms with van der Waals surface area (Å²) in [6, 6.07) is 18.1. The molecule has 0 N–H and O–H groups in total. The van der Waals surface area contributed by atoms with E-state index in [0.29, 0.717) is 11.8 Å². The molecule has 1 heteroatoms. The molecular formula is C26H32O. The van der Waals surface area contributed by atoms with Crippen LogP contribution in [0.1, 0.15) is 79.0 Å². The minimum Gasteiger partial charge on any atom is -0.372 e. The average molecular weight is 361 g/mol. The van der Waals surface area contributed by atoms with E-state index in [9.17, 15) is 0 Å². The zero-order chi connectivity index (χ0) is 19.7. The van der Waals surface area contributed by atoms with E-state index in [2.05, 4.69) is 90.1 Å². The predicted molar refractivity (Wildman–Crippen MR) is 116 cm³/mol. The van der Waals surface area contributed by atoms with Gasteiger partial charge in [-0.15, -0.1) is 0 Å². The number of aryl methyl sites for hydroxylation is 2. The molecule has 0 saturated carbocycles. The first-order valence-electron chi connectivity index (χ1n) is 9.99. The second kappa shape index (κ2) is 7.86. The highest BCUT2D eigenvalue weighted by Crippen LogP contribution is 2.42. The van der Waals surface area contributed by atoms with Crippen LogP contribution in [-0.2, 0) is 4.74 Å². The van der Waals surface area contributed by atoms with Crippen molar-refractivity contribution in [2.45, 2.75) is 59.5 Å². The van der Waals surface area contributed by atoms with Gasteiger partial charge in [-0.2, -0.15) is 0 Å². The molecule has 2 aliphatic carbocycles. The molecule has 1 aromatic rings. The van der Waals surface area contributed by atoms with E-state index >= 15 is 0 Å². The largest absolute Gasteiger partial charge is 0.372 e. The third-order valence-corrected chi connectivity index (χ3v) is 5.68. The van der Waals surface area contributed by atoms with Gasteiger partial charge in [0.15, 0.2) is 0 Å². The summed E-state index contributed by atoms with van der Waals surface area (Å²) >= 11 is 0. The molecule has 0 radical (unpaired) electrons. The van der Waals surface area contributed by atoms with Crippen molar-refractivity contribution in [1.82, 2.24) is 0 Å². The smallest absolute Gasteiger partial charge is 0.108 e. The summed E-state index contributed by atoms with van der Waals surface area (Å²) in [5.41, 5.74) is 10.5. The molecule has 142 valence electrons. The normalized spacial score (nSPS) is 12.9. The average Bonchev–Trinajstić information content (AvgIpc) is 2.83. The van der Waals surface area contributed by atoms with Crippen molar-refractivity contribution < 1.29 is 4.74 Å². The molecule has 0 aliphatic heterocycles. The second-order valence-electron chi connectivity index (χ2n) is 8.32. The quantitative estimate of drug-likeness (QED) is 0.461. The molecule has 1 atom stereocenters. The number of hydrogen-bond acceptors (Lipinski definition) is 1. The van der Waals surface area contributed by atoms with Gasteiger partial charge in [-0.3, -0.25) is 0 Å². The number of rotatable bonds is 5. The molecule has 3 rings (SSSR count). The Morgan fingerprint density at radius 3 is 1.78 bits per heavy atom. The Morgan fingerprint density at radius 2 is 1.22 bits per heavy atom. The monoisotopic (exact) mass is 360 g/mol. The van der Waals surface area contributed by atoms with Crippen LogP contribution in [0.25, 0.3) is 11.1 Å². The molecule has 1 nitrogen and oxygen atoms in total. The van der Waals surface area contributed by atoms with Gasteiger partial charge in [0, 0.05) is 7.11 Å². The first kappa shape index (κ1) is 19.6. The van der Waals surface area contributed by atoms with E-state index in [0.717, 1.165) is 0 Å². The zero-order valence-electron chi connectivity index (χ0n) is 17.8. The summed E-state index contributed by atoms with van der Waals surface area (Å²) in [6.07, 6.45) is -0.0500. The fourth-order valence-corrected chi connectivity index (χ4v) is 3.95. The molecule has 0 fully saturated rings. The van der Waals surface area contributed by atoms with Gasteiger partial charge in [0.25, 0.3) is 0 Å². The summed E-state index contributed by atoms with van der Waals surface area (Å²) < 4.78 is 6.01. The standard InChI is InChI=1S/C26H32O/c1-16(2)20-10-12-21(13-11-20)26(27-7)24-14-19(6)23-15-22(17(3)4)9-8-18(5)25(23)24/h8-17,26H,1-7H3. The number of ether oxygens (including phenoxy) is 1. The lowest BCUT2D eigenvalue weighted by atomic mass is 9.94. The lowest BCUT2D eigenvalue weighted by Gasteiger charge is -2.18. The van der Waals surface area contributed by atoms with E-state index in [1.54, 1.807) is 0 Å². The van der Waals surface area contributed by atoms with Crippen LogP contribution < -0.4 is 0 Å². The molecule has 0 bridgehead atoms. The molecule has 0 heterocycles. The summed E-state index contributed by atoms with van der Waals surface area (Å²) in [4.78, 5) is 0. The molecule has 0 amide bonds. The van der Waals surface area contributed by atoms with Gasteiger partial charge in [-0.25, -0.2) is 0 Å². The highest BCUT2D eigenvalue weighted by molar-refractivity contribution is 5.79. The Kier molecular flexibility index (Phi) is 5.72. The van der Waals surface area contributed by atoms with Crippen LogP contribution in [0.3, 0.4) is 0 Å². The molecule has 1 aromatic carbocycles. The van der Waals surface area contributed by atoms with Crippen molar-refractivity contribution >= 4 is 0 Å². The zero-order valence-corrected chi connectivity index (χ0v) is 17.8. The van der Waals surface area contributed by atoms with Gasteiger partial charge in [0.05, 0.1) is 0 Å². The van der Waals surface area contributed by atoms with Gasteiger partial charge in [0.2, 0.25) is 0 Å². The fraction of sp³-hybridized carbons (Fsp3) is 0.385. The van der Waals surface area contributed by atoms with Crippen molar-refractivity contribution in [3.8, 4) is 11.1 Å². The van der Waals surface area contributed by atoms with Crippen molar-refractivity contribution in [3.05, 3.63) is 81.9 Å². The van der Waals surface area contributed by atoms with Gasteiger partial charge in [0.1, 0.15) is 6.10 Å². The Balaban J connectivity index is 2.13. The minimum atomic E-state index is -0.0500. The number of hydrogen-bond donors (Lipinski definition) is 0. The highest BCUT2D eigenvalue weighted by Gasteiger charge is 2.24. The lowest BCUT2D eigenvalue weighted by molar-refractivity contribution is 0.137. The first-order chi connectivity index (χ1) is 12.8. The minimum absolute atomic E-state index is 0.0500. The molecular weight excluding hydrogens is 328 g/mol. The van der Waals surface area contributed by atoms with Gasteiger partial charge >= 0.3 is 0 Å². The van der Waals surface area contributed by atoms with Crippen molar-refractivity contribution in [1.29, 1.82) is 0 Å². The topological polar surface area (TPSA) is 9.23 Å². The third kappa shape index (κ3) is 3.80. The Bertz CT molecular complexity index is 887.